The average molecular weight is 260 g/mol. The van der Waals surface area contributed by atoms with Crippen molar-refractivity contribution >= 4 is 11.8 Å². The molecule has 0 N–H and O–H groups in total. The lowest BCUT2D eigenvalue weighted by Gasteiger charge is -2.08. The molecule has 0 fully saturated rings. The summed E-state index contributed by atoms with van der Waals surface area (Å²) >= 11 is 1.49. The zero-order valence-electron chi connectivity index (χ0n) is 10.9. The summed E-state index contributed by atoms with van der Waals surface area (Å²) in [5.41, 5.74) is 3.08. The summed E-state index contributed by atoms with van der Waals surface area (Å²) in [6, 6.07) is 4.28. The van der Waals surface area contributed by atoms with E-state index in [4.69, 9.17) is 10.5 Å². The van der Waals surface area contributed by atoms with Gasteiger partial charge in [0.25, 0.3) is 0 Å². The molecule has 1 rings (SSSR count). The Morgan fingerprint density at radius 2 is 1.78 bits per heavy atom. The fraction of sp³-hybridized carbons (Fsp3) is 0.538. The van der Waals surface area contributed by atoms with Crippen LogP contribution in [0.2, 0.25) is 0 Å². The number of hydrogen-bond acceptors (Lipinski definition) is 5. The fourth-order valence-corrected chi connectivity index (χ4v) is 2.40. The van der Waals surface area contributed by atoms with Gasteiger partial charge in [0.2, 0.25) is 0 Å². The molecule has 0 saturated carbocycles. The van der Waals surface area contributed by atoms with E-state index in [9.17, 15) is 0 Å². The predicted octanol–water partition coefficient (Wildman–Crippen LogP) is 2.94. The van der Waals surface area contributed by atoms with Gasteiger partial charge in [0.05, 0.1) is 18.1 Å². The number of aryl methyl sites for hydroxylation is 2. The average Bonchev–Trinajstić information content (AvgIpc) is 2.36. The number of thioether (sulfide) groups is 1. The highest BCUT2D eigenvalue weighted by molar-refractivity contribution is 7.99. The van der Waals surface area contributed by atoms with Gasteiger partial charge in [-0.15, -0.1) is 0 Å². The van der Waals surface area contributed by atoms with Crippen molar-refractivity contribution in [1.29, 1.82) is 10.5 Å². The summed E-state index contributed by atoms with van der Waals surface area (Å²) < 4.78 is 0. The van der Waals surface area contributed by atoms with Crippen LogP contribution in [0.3, 0.4) is 0 Å². The zero-order valence-corrected chi connectivity index (χ0v) is 11.7. The van der Waals surface area contributed by atoms with Gasteiger partial charge in [-0.1, -0.05) is 11.8 Å². The second kappa shape index (κ2) is 6.98. The Hall–Kier alpha value is -1.59. The van der Waals surface area contributed by atoms with Crippen LogP contribution in [-0.2, 0) is 0 Å². The first kappa shape index (κ1) is 14.5. The largest absolute Gasteiger partial charge is 0.228 e. The van der Waals surface area contributed by atoms with Gasteiger partial charge in [-0.3, -0.25) is 0 Å². The first-order valence-corrected chi connectivity index (χ1v) is 6.78. The van der Waals surface area contributed by atoms with Crippen LogP contribution in [0.1, 0.15) is 29.8 Å². The Labute approximate surface area is 112 Å². The minimum Gasteiger partial charge on any atom is -0.228 e. The molecule has 0 spiro atoms. The first-order valence-electron chi connectivity index (χ1n) is 5.79. The van der Waals surface area contributed by atoms with Crippen LogP contribution in [0.5, 0.6) is 0 Å². The van der Waals surface area contributed by atoms with Gasteiger partial charge in [-0.25, -0.2) is 9.97 Å². The molecule has 1 aromatic heterocycles. The molecule has 0 amide bonds. The SMILES string of the molecule is Cc1nc(SC[C@@H](C#N)CCC#N)nc(C)c1C. The number of rotatable bonds is 5. The van der Waals surface area contributed by atoms with E-state index in [0.29, 0.717) is 23.8 Å². The predicted molar refractivity (Wildman–Crippen MR) is 70.9 cm³/mol. The molecule has 0 aliphatic carbocycles. The van der Waals surface area contributed by atoms with Gasteiger partial charge in [-0.05, 0) is 32.8 Å². The fourth-order valence-electron chi connectivity index (χ4n) is 1.41. The third kappa shape index (κ3) is 4.01. The second-order valence-electron chi connectivity index (χ2n) is 4.14. The van der Waals surface area contributed by atoms with Crippen LogP contribution in [0, 0.1) is 49.4 Å². The summed E-state index contributed by atoms with van der Waals surface area (Å²) in [6.45, 7) is 5.93. The third-order valence-corrected chi connectivity index (χ3v) is 3.82. The van der Waals surface area contributed by atoms with E-state index >= 15 is 0 Å². The van der Waals surface area contributed by atoms with Crippen molar-refractivity contribution in [2.45, 2.75) is 38.8 Å². The van der Waals surface area contributed by atoms with Gasteiger partial charge in [0, 0.05) is 23.6 Å². The molecule has 1 atom stereocenters. The molecule has 0 unspecified atom stereocenters. The molecule has 0 radical (unpaired) electrons. The van der Waals surface area contributed by atoms with Crippen LogP contribution in [-0.4, -0.2) is 15.7 Å². The van der Waals surface area contributed by atoms with E-state index in [1.165, 1.54) is 11.8 Å². The first-order chi connectivity index (χ1) is 8.58. The highest BCUT2D eigenvalue weighted by Gasteiger charge is 2.10. The van der Waals surface area contributed by atoms with E-state index in [0.717, 1.165) is 17.0 Å². The number of aromatic nitrogens is 2. The van der Waals surface area contributed by atoms with Crippen LogP contribution in [0.4, 0.5) is 0 Å². The zero-order chi connectivity index (χ0) is 13.5. The smallest absolute Gasteiger partial charge is 0.188 e. The minimum absolute atomic E-state index is 0.111. The van der Waals surface area contributed by atoms with E-state index < -0.39 is 0 Å². The maximum Gasteiger partial charge on any atom is 0.188 e. The van der Waals surface area contributed by atoms with Crippen molar-refractivity contribution in [2.75, 3.05) is 5.75 Å². The second-order valence-corrected chi connectivity index (χ2v) is 5.12. The van der Waals surface area contributed by atoms with E-state index in [-0.39, 0.29) is 5.92 Å². The summed E-state index contributed by atoms with van der Waals surface area (Å²) in [6.07, 6.45) is 1.04. The van der Waals surface area contributed by atoms with E-state index in [2.05, 4.69) is 22.1 Å². The Morgan fingerprint density at radius 3 is 2.28 bits per heavy atom. The molecule has 0 aromatic carbocycles. The molecule has 94 valence electrons. The lowest BCUT2D eigenvalue weighted by molar-refractivity contribution is 0.684. The highest BCUT2D eigenvalue weighted by atomic mass is 32.2. The monoisotopic (exact) mass is 260 g/mol. The van der Waals surface area contributed by atoms with Crippen molar-refractivity contribution in [3.05, 3.63) is 17.0 Å². The Bertz CT molecular complexity index is 476. The van der Waals surface area contributed by atoms with Gasteiger partial charge >= 0.3 is 0 Å². The van der Waals surface area contributed by atoms with Gasteiger partial charge in [0.1, 0.15) is 0 Å². The quantitative estimate of drug-likeness (QED) is 0.601. The van der Waals surface area contributed by atoms with Crippen LogP contribution in [0.15, 0.2) is 5.16 Å². The molecule has 4 nitrogen and oxygen atoms in total. The van der Waals surface area contributed by atoms with Gasteiger partial charge < -0.3 is 0 Å². The van der Waals surface area contributed by atoms with Crippen molar-refractivity contribution in [1.82, 2.24) is 9.97 Å². The molecule has 1 heterocycles. The highest BCUT2D eigenvalue weighted by Crippen LogP contribution is 2.21. The molecule has 18 heavy (non-hydrogen) atoms. The number of nitriles is 2. The van der Waals surface area contributed by atoms with Gasteiger partial charge in [-0.2, -0.15) is 10.5 Å². The molecule has 5 heteroatoms. The standard InChI is InChI=1S/C13H16N4S/c1-9-10(2)16-13(17-11(9)3)18-8-12(7-15)5-4-6-14/h12H,4-5,8H2,1-3H3/t12-/m1/s1. The van der Waals surface area contributed by atoms with Crippen molar-refractivity contribution in [3.8, 4) is 12.1 Å². The third-order valence-electron chi connectivity index (χ3n) is 2.81. The van der Waals surface area contributed by atoms with Crippen LogP contribution < -0.4 is 0 Å². The molecule has 0 aliphatic rings. The summed E-state index contributed by atoms with van der Waals surface area (Å²) in [4.78, 5) is 8.80. The lowest BCUT2D eigenvalue weighted by atomic mass is 10.1. The maximum absolute atomic E-state index is 8.97. The Morgan fingerprint density at radius 1 is 1.17 bits per heavy atom. The lowest BCUT2D eigenvalue weighted by Crippen LogP contribution is -2.03. The van der Waals surface area contributed by atoms with Crippen molar-refractivity contribution < 1.29 is 0 Å². The number of nitrogens with zero attached hydrogens (tertiary/aromatic N) is 4. The van der Waals surface area contributed by atoms with Crippen molar-refractivity contribution in [2.24, 2.45) is 5.92 Å². The molecule has 0 aliphatic heterocycles. The molecular weight excluding hydrogens is 244 g/mol. The normalized spacial score (nSPS) is 11.6. The Kier molecular flexibility index (Phi) is 5.61. The summed E-state index contributed by atoms with van der Waals surface area (Å²) in [5, 5.41) is 18.2. The maximum atomic E-state index is 8.97. The van der Waals surface area contributed by atoms with Crippen LogP contribution >= 0.6 is 11.8 Å². The van der Waals surface area contributed by atoms with Crippen LogP contribution in [0.25, 0.3) is 0 Å². The van der Waals surface area contributed by atoms with Crippen molar-refractivity contribution in [3.63, 3.8) is 0 Å². The molecule has 0 saturated heterocycles. The number of hydrogen-bond donors (Lipinski definition) is 0. The van der Waals surface area contributed by atoms with Gasteiger partial charge in [0.15, 0.2) is 5.16 Å². The Balaban J connectivity index is 2.64. The molecule has 0 bridgehead atoms. The minimum atomic E-state index is -0.111. The summed E-state index contributed by atoms with van der Waals surface area (Å²) in [7, 11) is 0. The topological polar surface area (TPSA) is 73.4 Å². The van der Waals surface area contributed by atoms with E-state index in [1.807, 2.05) is 20.8 Å². The summed E-state index contributed by atoms with van der Waals surface area (Å²) in [5.74, 6) is 0.528. The molecule has 1 aromatic rings. The van der Waals surface area contributed by atoms with E-state index in [1.54, 1.807) is 0 Å². The molecular formula is C13H16N4S.